The molecule has 8 aromatic rings. The van der Waals surface area contributed by atoms with Crippen LogP contribution in [0.5, 0.6) is 17.5 Å². The van der Waals surface area contributed by atoms with Crippen LogP contribution in [0, 0.1) is 0 Å². The van der Waals surface area contributed by atoms with Crippen LogP contribution in [0.15, 0.2) is 197 Å². The summed E-state index contributed by atoms with van der Waals surface area (Å²) < 4.78 is 24.3. The van der Waals surface area contributed by atoms with Gasteiger partial charge in [-0.25, -0.2) is 14.1 Å². The minimum Gasteiger partial charge on any atom is -1.00 e. The average molecular weight is 931 g/mol. The number of anilines is 4. The molecule has 10 rings (SSSR count). The first-order valence-corrected chi connectivity index (χ1v) is 19.8. The number of hydrazine groups is 2. The number of ether oxygens (including phenoxy) is 3. The van der Waals surface area contributed by atoms with Crippen molar-refractivity contribution in [3.8, 4) is 28.9 Å². The third-order valence-corrected chi connectivity index (χ3v) is 10.9. The zero-order chi connectivity index (χ0) is 41.6. The number of fused-ring (bicyclic) bond motifs is 6. The Morgan fingerprint density at radius 3 is 1.58 bits per heavy atom. The molecule has 0 saturated carbocycles. The van der Waals surface area contributed by atoms with E-state index < -0.39 is 0 Å². The van der Waals surface area contributed by atoms with Crippen LogP contribution < -0.4 is 59.3 Å². The predicted octanol–water partition coefficient (Wildman–Crippen LogP) is 6.27. The van der Waals surface area contributed by atoms with Gasteiger partial charge in [0.2, 0.25) is 17.6 Å². The Labute approximate surface area is 374 Å². The molecule has 0 bridgehead atoms. The van der Waals surface area contributed by atoms with E-state index in [1.165, 1.54) is 0 Å². The van der Waals surface area contributed by atoms with Crippen molar-refractivity contribution in [3.63, 3.8) is 0 Å². The molecule has 0 N–H and O–H groups in total. The van der Waals surface area contributed by atoms with Crippen molar-refractivity contribution in [2.45, 2.75) is 0 Å². The highest BCUT2D eigenvalue weighted by atomic mass is 127. The minimum atomic E-state index is -0.226. The third kappa shape index (κ3) is 6.65. The molecule has 62 heavy (non-hydrogen) atoms. The van der Waals surface area contributed by atoms with Gasteiger partial charge in [0.25, 0.3) is 11.1 Å². The van der Waals surface area contributed by atoms with Gasteiger partial charge in [0, 0.05) is 29.3 Å². The maximum absolute atomic E-state index is 14.5. The van der Waals surface area contributed by atoms with Crippen molar-refractivity contribution in [2.24, 2.45) is 0 Å². The van der Waals surface area contributed by atoms with Crippen LogP contribution >= 0.6 is 0 Å². The van der Waals surface area contributed by atoms with Crippen LogP contribution in [0.1, 0.15) is 0 Å². The Kier molecular flexibility index (Phi) is 10.6. The summed E-state index contributed by atoms with van der Waals surface area (Å²) in [6.07, 6.45) is 5.49. The third-order valence-electron chi connectivity index (χ3n) is 10.9. The molecular weight excluding hydrogens is 891 g/mol. The van der Waals surface area contributed by atoms with Crippen molar-refractivity contribution < 1.29 is 42.9 Å². The SMILES string of the molecule is COc1ccc(-n2c3c(c4ccccc4c2=O)N(c2ccccc2)N(C)/C(=C\C=C\C2=[N+](C)N(c4ccccc4)c4c(n(-c5ccccc5)c(=O)c5ccccc45)O2)O3)cc1.[I-]. The summed E-state index contributed by atoms with van der Waals surface area (Å²) in [5.74, 6) is 2.24. The van der Waals surface area contributed by atoms with Crippen LogP contribution in [-0.4, -0.2) is 45.9 Å². The van der Waals surface area contributed by atoms with Gasteiger partial charge in [0.15, 0.2) is 12.7 Å². The van der Waals surface area contributed by atoms with Crippen molar-refractivity contribution in [2.75, 3.05) is 31.2 Å². The molecule has 4 heterocycles. The lowest BCUT2D eigenvalue weighted by Gasteiger charge is -2.41. The topological polar surface area (TPSA) is 84.4 Å². The number of hydrazone groups is 1. The second-order valence-corrected chi connectivity index (χ2v) is 14.5. The van der Waals surface area contributed by atoms with Gasteiger partial charge in [-0.1, -0.05) is 95.7 Å². The fraction of sp³-hybridized carbons (Fsp3) is 0.0600. The number of hydrogen-bond acceptors (Lipinski definition) is 8. The number of aromatic nitrogens is 2. The second kappa shape index (κ2) is 16.5. The van der Waals surface area contributed by atoms with Crippen molar-refractivity contribution >= 4 is 50.2 Å². The first kappa shape index (κ1) is 39.9. The van der Waals surface area contributed by atoms with Gasteiger partial charge in [-0.05, 0) is 78.9 Å². The van der Waals surface area contributed by atoms with E-state index in [1.807, 2.05) is 211 Å². The molecule has 0 amide bonds. The minimum absolute atomic E-state index is 0. The lowest BCUT2D eigenvalue weighted by Crippen LogP contribution is -3.00. The molecule has 0 unspecified atom stereocenters. The molecule has 2 aliphatic heterocycles. The zero-order valence-electron chi connectivity index (χ0n) is 33.9. The summed E-state index contributed by atoms with van der Waals surface area (Å²) in [6.45, 7) is 0. The molecular formula is C50H39IN6O5. The Hall–Kier alpha value is -7.58. The lowest BCUT2D eigenvalue weighted by molar-refractivity contribution is -0.509. The molecule has 0 fully saturated rings. The van der Waals surface area contributed by atoms with Gasteiger partial charge in [-0.15, -0.1) is 5.01 Å². The fourth-order valence-electron chi connectivity index (χ4n) is 8.06. The van der Waals surface area contributed by atoms with E-state index in [1.54, 1.807) is 16.2 Å². The highest BCUT2D eigenvalue weighted by Crippen LogP contribution is 2.46. The normalized spacial score (nSPS) is 14.1. The first-order valence-electron chi connectivity index (χ1n) is 19.8. The van der Waals surface area contributed by atoms with Crippen molar-refractivity contribution in [1.29, 1.82) is 0 Å². The van der Waals surface area contributed by atoms with Crippen LogP contribution in [0.4, 0.5) is 22.7 Å². The van der Waals surface area contributed by atoms with Gasteiger partial charge in [0.05, 0.1) is 35.6 Å². The monoisotopic (exact) mass is 930 g/mol. The quantitative estimate of drug-likeness (QED) is 0.137. The number of hydrogen-bond donors (Lipinski definition) is 0. The van der Waals surface area contributed by atoms with E-state index >= 15 is 0 Å². The number of rotatable bonds is 7. The number of para-hydroxylation sites is 3. The number of allylic oxidation sites excluding steroid dienone is 2. The van der Waals surface area contributed by atoms with E-state index in [-0.39, 0.29) is 35.1 Å². The molecule has 0 aliphatic carbocycles. The largest absolute Gasteiger partial charge is 1.00 e. The molecule has 0 radical (unpaired) electrons. The van der Waals surface area contributed by atoms with Crippen molar-refractivity contribution in [1.82, 2.24) is 14.1 Å². The summed E-state index contributed by atoms with van der Waals surface area (Å²) in [6, 6.07) is 51.9. The summed E-state index contributed by atoms with van der Waals surface area (Å²) in [7, 11) is 5.45. The summed E-state index contributed by atoms with van der Waals surface area (Å²) >= 11 is 0. The molecule has 306 valence electrons. The number of pyridine rings is 2. The van der Waals surface area contributed by atoms with Crippen molar-refractivity contribution in [3.05, 3.63) is 209 Å². The summed E-state index contributed by atoms with van der Waals surface area (Å²) in [4.78, 5) is 28.8. The van der Waals surface area contributed by atoms with Crippen LogP contribution in [0.3, 0.4) is 0 Å². The maximum Gasteiger partial charge on any atom is 0.398 e. The Bertz CT molecular complexity index is 3200. The van der Waals surface area contributed by atoms with E-state index in [9.17, 15) is 9.59 Å². The molecule has 12 heteroatoms. The highest BCUT2D eigenvalue weighted by molar-refractivity contribution is 6.01. The van der Waals surface area contributed by atoms with Gasteiger partial charge < -0.3 is 38.2 Å². The van der Waals surface area contributed by atoms with Crippen LogP contribution in [-0.2, 0) is 0 Å². The van der Waals surface area contributed by atoms with E-state index in [0.29, 0.717) is 57.1 Å². The number of methoxy groups -OCH3 is 1. The standard InChI is InChI=1S/C50H39N6O5.HI/c1-51-43(60-49-45(55(51)36-20-9-5-10-21-36)39-24-13-15-26-41(39)47(57)53(49)34-18-7-4-8-19-34)28-17-29-44-52(2)56(37-22-11-6-12-23-37)46-40-25-14-16-27-42(40)48(58)54(50(46)61-44)35-30-32-38(59-3)33-31-35;/h4-33H,1-3H3;1H/q+1;/p-1. The number of halogens is 1. The average Bonchev–Trinajstić information content (AvgIpc) is 3.31. The van der Waals surface area contributed by atoms with Crippen LogP contribution in [0.2, 0.25) is 0 Å². The van der Waals surface area contributed by atoms with E-state index in [4.69, 9.17) is 14.2 Å². The van der Waals surface area contributed by atoms with Gasteiger partial charge in [-0.2, -0.15) is 0 Å². The smallest absolute Gasteiger partial charge is 0.398 e. The highest BCUT2D eigenvalue weighted by Gasteiger charge is 2.38. The van der Waals surface area contributed by atoms with Gasteiger partial charge >= 0.3 is 5.90 Å². The van der Waals surface area contributed by atoms with Crippen LogP contribution in [0.25, 0.3) is 32.9 Å². The molecule has 0 spiro atoms. The predicted molar refractivity (Wildman–Crippen MR) is 240 cm³/mol. The second-order valence-electron chi connectivity index (χ2n) is 14.5. The van der Waals surface area contributed by atoms with E-state index in [2.05, 4.69) is 5.01 Å². The fourth-order valence-corrected chi connectivity index (χ4v) is 8.06. The summed E-state index contributed by atoms with van der Waals surface area (Å²) in [5.41, 5.74) is 4.02. The lowest BCUT2D eigenvalue weighted by atomic mass is 10.1. The molecule has 11 nitrogen and oxygen atoms in total. The van der Waals surface area contributed by atoms with Gasteiger partial charge in [0.1, 0.15) is 17.1 Å². The summed E-state index contributed by atoms with van der Waals surface area (Å²) in [5, 5.41) is 8.62. The Morgan fingerprint density at radius 1 is 0.548 bits per heavy atom. The molecule has 0 saturated heterocycles. The number of benzene rings is 6. The van der Waals surface area contributed by atoms with E-state index in [0.717, 1.165) is 27.8 Å². The number of nitrogens with zero attached hydrogens (tertiary/aromatic N) is 6. The first-order chi connectivity index (χ1) is 29.9. The molecule has 2 aromatic heterocycles. The Morgan fingerprint density at radius 2 is 1.02 bits per heavy atom. The maximum atomic E-state index is 14.5. The molecule has 0 atom stereocenters. The molecule has 2 aliphatic rings. The van der Waals surface area contributed by atoms with Gasteiger partial charge in [-0.3, -0.25) is 14.6 Å². The Balaban J connectivity index is 0.00000490. The molecule has 6 aromatic carbocycles. The zero-order valence-corrected chi connectivity index (χ0v) is 36.1.